The molecule has 1 saturated carbocycles. The molecular weight excluding hydrogens is 266 g/mol. The van der Waals surface area contributed by atoms with Gasteiger partial charge in [-0.2, -0.15) is 0 Å². The van der Waals surface area contributed by atoms with Gasteiger partial charge in [0.15, 0.2) is 0 Å². The molecule has 1 aromatic heterocycles. The second-order valence-electron chi connectivity index (χ2n) is 6.09. The van der Waals surface area contributed by atoms with Gasteiger partial charge in [-0.3, -0.25) is 0 Å². The molecular formula is C16H23N3S. The maximum atomic E-state index is 5.88. The van der Waals surface area contributed by atoms with Crippen molar-refractivity contribution in [2.45, 2.75) is 51.4 Å². The lowest BCUT2D eigenvalue weighted by molar-refractivity contribution is 0.578. The second kappa shape index (κ2) is 6.08. The highest BCUT2D eigenvalue weighted by Crippen LogP contribution is 2.27. The van der Waals surface area contributed by atoms with Crippen molar-refractivity contribution in [1.82, 2.24) is 4.98 Å². The molecule has 3 nitrogen and oxygen atoms in total. The molecule has 0 aliphatic heterocycles. The molecule has 1 aromatic rings. The summed E-state index contributed by atoms with van der Waals surface area (Å²) < 4.78 is 0. The minimum atomic E-state index is 0.458. The van der Waals surface area contributed by atoms with E-state index in [1.807, 2.05) is 0 Å². The molecule has 4 heteroatoms. The van der Waals surface area contributed by atoms with Crippen LogP contribution < -0.4 is 11.1 Å². The summed E-state index contributed by atoms with van der Waals surface area (Å²) in [6, 6.07) is 2.17. The monoisotopic (exact) mass is 289 g/mol. The summed E-state index contributed by atoms with van der Waals surface area (Å²) in [5.41, 5.74) is 9.39. The van der Waals surface area contributed by atoms with E-state index in [0.717, 1.165) is 36.7 Å². The molecule has 3 N–H and O–H groups in total. The average molecular weight is 289 g/mol. The van der Waals surface area contributed by atoms with Gasteiger partial charge in [-0.15, -0.1) is 0 Å². The van der Waals surface area contributed by atoms with Gasteiger partial charge in [0.1, 0.15) is 10.8 Å². The topological polar surface area (TPSA) is 50.9 Å². The number of hydrogen-bond donors (Lipinski definition) is 2. The van der Waals surface area contributed by atoms with E-state index in [0.29, 0.717) is 4.99 Å². The zero-order valence-corrected chi connectivity index (χ0v) is 12.8. The Morgan fingerprint density at radius 1 is 1.25 bits per heavy atom. The molecule has 1 heterocycles. The summed E-state index contributed by atoms with van der Waals surface area (Å²) in [4.78, 5) is 5.27. The second-order valence-corrected chi connectivity index (χ2v) is 6.53. The van der Waals surface area contributed by atoms with Crippen molar-refractivity contribution in [3.63, 3.8) is 0 Å². The average Bonchev–Trinajstić information content (AvgIpc) is 2.97. The highest BCUT2D eigenvalue weighted by molar-refractivity contribution is 7.80. The Bertz CT molecular complexity index is 507. The number of nitrogens with two attached hydrogens (primary N) is 1. The standard InChI is InChI=1S/C16H23N3S/c17-15(20)13-9-12-7-3-4-8-14(12)19-16(13)18-10-11-5-1-2-6-11/h9,11H,1-8,10H2,(H2,17,20)(H,18,19). The number of aromatic nitrogens is 1. The zero-order chi connectivity index (χ0) is 13.9. The molecule has 0 spiro atoms. The van der Waals surface area contributed by atoms with Gasteiger partial charge in [0, 0.05) is 12.2 Å². The van der Waals surface area contributed by atoms with E-state index in [-0.39, 0.29) is 0 Å². The molecule has 0 unspecified atom stereocenters. The maximum absolute atomic E-state index is 5.88. The van der Waals surface area contributed by atoms with E-state index < -0.39 is 0 Å². The van der Waals surface area contributed by atoms with Gasteiger partial charge < -0.3 is 11.1 Å². The van der Waals surface area contributed by atoms with E-state index in [9.17, 15) is 0 Å². The first kappa shape index (κ1) is 13.8. The third-order valence-corrected chi connectivity index (χ3v) is 4.82. The SMILES string of the molecule is NC(=S)c1cc2c(nc1NCC1CCCC1)CCCC2. The molecule has 108 valence electrons. The lowest BCUT2D eigenvalue weighted by atomic mass is 9.94. The van der Waals surface area contributed by atoms with E-state index in [1.54, 1.807) is 0 Å². The van der Waals surface area contributed by atoms with Crippen LogP contribution in [0.4, 0.5) is 5.82 Å². The Morgan fingerprint density at radius 2 is 2.00 bits per heavy atom. The fourth-order valence-corrected chi connectivity index (χ4v) is 3.57. The number of aryl methyl sites for hydroxylation is 2. The minimum Gasteiger partial charge on any atom is -0.389 e. The predicted molar refractivity (Wildman–Crippen MR) is 87.2 cm³/mol. The molecule has 2 aliphatic carbocycles. The van der Waals surface area contributed by atoms with Gasteiger partial charge in [0.2, 0.25) is 0 Å². The lowest BCUT2D eigenvalue weighted by Crippen LogP contribution is -2.20. The summed E-state index contributed by atoms with van der Waals surface area (Å²) >= 11 is 5.20. The number of thiocarbonyl (C=S) groups is 1. The van der Waals surface area contributed by atoms with Crippen LogP contribution in [-0.4, -0.2) is 16.5 Å². The molecule has 3 rings (SSSR count). The molecule has 0 saturated heterocycles. The largest absolute Gasteiger partial charge is 0.389 e. The molecule has 0 amide bonds. The van der Waals surface area contributed by atoms with Crippen LogP contribution in [0.1, 0.15) is 55.3 Å². The lowest BCUT2D eigenvalue weighted by Gasteiger charge is -2.20. The van der Waals surface area contributed by atoms with Gasteiger partial charge >= 0.3 is 0 Å². The third-order valence-electron chi connectivity index (χ3n) is 4.60. The minimum absolute atomic E-state index is 0.458. The van der Waals surface area contributed by atoms with Crippen LogP contribution in [0.5, 0.6) is 0 Å². The van der Waals surface area contributed by atoms with Crippen molar-refractivity contribution in [2.75, 3.05) is 11.9 Å². The van der Waals surface area contributed by atoms with E-state index >= 15 is 0 Å². The van der Waals surface area contributed by atoms with Crippen molar-refractivity contribution in [3.05, 3.63) is 22.9 Å². The van der Waals surface area contributed by atoms with E-state index in [4.69, 9.17) is 22.9 Å². The fourth-order valence-electron chi connectivity index (χ4n) is 3.41. The first-order valence-corrected chi connectivity index (χ1v) is 8.21. The van der Waals surface area contributed by atoms with Crippen LogP contribution in [-0.2, 0) is 12.8 Å². The van der Waals surface area contributed by atoms with Crippen LogP contribution in [0.15, 0.2) is 6.07 Å². The van der Waals surface area contributed by atoms with Crippen LogP contribution in [0, 0.1) is 5.92 Å². The first-order chi connectivity index (χ1) is 9.74. The number of nitrogens with zero attached hydrogens (tertiary/aromatic N) is 1. The van der Waals surface area contributed by atoms with Crippen molar-refractivity contribution in [1.29, 1.82) is 0 Å². The van der Waals surface area contributed by atoms with Crippen LogP contribution in [0.3, 0.4) is 0 Å². The Labute approximate surface area is 126 Å². The van der Waals surface area contributed by atoms with Gasteiger partial charge in [0.05, 0.1) is 5.56 Å². The summed E-state index contributed by atoms with van der Waals surface area (Å²) in [5.74, 6) is 1.69. The number of rotatable bonds is 4. The Kier molecular flexibility index (Phi) is 4.20. The smallest absolute Gasteiger partial charge is 0.136 e. The zero-order valence-electron chi connectivity index (χ0n) is 12.0. The Balaban J connectivity index is 1.81. The normalized spacial score (nSPS) is 18.8. The summed E-state index contributed by atoms with van der Waals surface area (Å²) in [5, 5.41) is 3.51. The number of hydrogen-bond acceptors (Lipinski definition) is 3. The number of pyridine rings is 1. The highest BCUT2D eigenvalue weighted by atomic mass is 32.1. The fraction of sp³-hybridized carbons (Fsp3) is 0.625. The van der Waals surface area contributed by atoms with E-state index in [1.165, 1.54) is 49.8 Å². The Hall–Kier alpha value is -1.16. The van der Waals surface area contributed by atoms with E-state index in [2.05, 4.69) is 11.4 Å². The van der Waals surface area contributed by atoms with Gasteiger partial charge in [-0.1, -0.05) is 25.1 Å². The van der Waals surface area contributed by atoms with Crippen molar-refractivity contribution >= 4 is 23.0 Å². The van der Waals surface area contributed by atoms with Crippen molar-refractivity contribution in [3.8, 4) is 0 Å². The van der Waals surface area contributed by atoms with Crippen molar-refractivity contribution < 1.29 is 0 Å². The highest BCUT2D eigenvalue weighted by Gasteiger charge is 2.19. The Morgan fingerprint density at radius 3 is 2.75 bits per heavy atom. The summed E-state index contributed by atoms with van der Waals surface area (Å²) in [6.07, 6.45) is 10.1. The van der Waals surface area contributed by atoms with Crippen LogP contribution >= 0.6 is 12.2 Å². The molecule has 0 atom stereocenters. The third kappa shape index (κ3) is 2.95. The number of fused-ring (bicyclic) bond motifs is 1. The molecule has 0 radical (unpaired) electrons. The quantitative estimate of drug-likeness (QED) is 0.836. The number of nitrogens with one attached hydrogen (secondary N) is 1. The van der Waals surface area contributed by atoms with Gasteiger partial charge in [-0.05, 0) is 56.1 Å². The molecule has 0 aromatic carbocycles. The van der Waals surface area contributed by atoms with Crippen LogP contribution in [0.25, 0.3) is 0 Å². The molecule has 1 fully saturated rings. The summed E-state index contributed by atoms with van der Waals surface area (Å²) in [7, 11) is 0. The first-order valence-electron chi connectivity index (χ1n) is 7.80. The van der Waals surface area contributed by atoms with Crippen LogP contribution in [0.2, 0.25) is 0 Å². The molecule has 2 aliphatic rings. The van der Waals surface area contributed by atoms with Gasteiger partial charge in [-0.25, -0.2) is 4.98 Å². The number of anilines is 1. The molecule has 0 bridgehead atoms. The summed E-state index contributed by atoms with van der Waals surface area (Å²) in [6.45, 7) is 1.00. The predicted octanol–water partition coefficient (Wildman–Crippen LogP) is 3.20. The van der Waals surface area contributed by atoms with Gasteiger partial charge in [0.25, 0.3) is 0 Å². The maximum Gasteiger partial charge on any atom is 0.136 e. The van der Waals surface area contributed by atoms with Crippen molar-refractivity contribution in [2.24, 2.45) is 11.7 Å². The molecule has 20 heavy (non-hydrogen) atoms.